The lowest BCUT2D eigenvalue weighted by Gasteiger charge is -2.28. The van der Waals surface area contributed by atoms with Gasteiger partial charge in [0.25, 0.3) is 0 Å². The van der Waals surface area contributed by atoms with Gasteiger partial charge in [0, 0.05) is 44.2 Å². The van der Waals surface area contributed by atoms with Crippen LogP contribution in [0, 0.1) is 0 Å². The summed E-state index contributed by atoms with van der Waals surface area (Å²) in [5.74, 6) is 0. The molecule has 61 heavy (non-hydrogen) atoms. The second-order valence-corrected chi connectivity index (χ2v) is 12.8. The van der Waals surface area contributed by atoms with Crippen LogP contribution in [0.2, 0.25) is 0 Å². The van der Waals surface area contributed by atoms with Gasteiger partial charge in [0.05, 0.1) is 68.8 Å². The highest BCUT2D eigenvalue weighted by atomic mass is 16.3. The average molecular weight is 817 g/mol. The second-order valence-electron chi connectivity index (χ2n) is 12.8. The molecule has 0 bridgehead atoms. The van der Waals surface area contributed by atoms with Gasteiger partial charge in [-0.05, 0) is 111 Å². The van der Waals surface area contributed by atoms with Crippen LogP contribution < -0.4 is 4.90 Å². The first-order valence-electron chi connectivity index (χ1n) is 36.7. The molecule has 12 rings (SSSR count). The van der Waals surface area contributed by atoms with E-state index in [0.717, 1.165) is 0 Å². The standard InChI is InChI=1S/C58H38N2O/c1-2-13-39(14-3-1)41-27-31-46(32-28-41)59(47-33-29-42(30-34-47)44-26-25-40-15-4-5-16-43(40)37-44)55-36-35-52-51-21-8-11-24-56(51)61-58(52)57(55)45-17-12-18-48(38-45)60-53-22-9-6-19-49(53)50-20-7-10-23-54(50)60/h1-38H/i1D,2D,3D,4D,5D,6D,7D,8D,9D,10D,11D,12D,13D,14D,15D,16D,17D,18D,19D,20D,21D,22D,23D,24D,25D,26D,27D,28D,29D,30D,31D,32D,33D,34D,35D,36D,37D,38D. The third-order valence-corrected chi connectivity index (χ3v) is 9.37. The Kier molecular flexibility index (Phi) is 3.21. The molecule has 3 nitrogen and oxygen atoms in total. The minimum absolute atomic E-state index is 0.217. The maximum absolute atomic E-state index is 10.4. The van der Waals surface area contributed by atoms with E-state index in [-0.39, 0.29) is 4.90 Å². The molecule has 0 atom stereocenters. The van der Waals surface area contributed by atoms with Crippen molar-refractivity contribution in [3.8, 4) is 39.1 Å². The molecule has 0 aliphatic heterocycles. The van der Waals surface area contributed by atoms with E-state index in [1.807, 2.05) is 0 Å². The lowest BCUT2D eigenvalue weighted by atomic mass is 9.97. The highest BCUT2D eigenvalue weighted by Crippen LogP contribution is 2.47. The zero-order chi connectivity index (χ0) is 73.3. The monoisotopic (exact) mass is 817 g/mol. The van der Waals surface area contributed by atoms with Gasteiger partial charge in [-0.25, -0.2) is 0 Å². The summed E-state index contributed by atoms with van der Waals surface area (Å²) in [7, 11) is 0. The Morgan fingerprint density at radius 2 is 0.934 bits per heavy atom. The van der Waals surface area contributed by atoms with Crippen molar-refractivity contribution in [2.45, 2.75) is 0 Å². The molecule has 0 N–H and O–H groups in total. The van der Waals surface area contributed by atoms with E-state index < -0.39 is 340 Å². The van der Waals surface area contributed by atoms with Crippen molar-refractivity contribution >= 4 is 71.6 Å². The van der Waals surface area contributed by atoms with Gasteiger partial charge in [0.2, 0.25) is 0 Å². The fraction of sp³-hybridized carbons (Fsp3) is 0. The summed E-state index contributed by atoms with van der Waals surface area (Å²) < 4.78 is 356. The number of para-hydroxylation sites is 3. The van der Waals surface area contributed by atoms with Crippen molar-refractivity contribution < 1.29 is 56.5 Å². The number of rotatable bonds is 7. The predicted molar refractivity (Wildman–Crippen MR) is 257 cm³/mol. The zero-order valence-electron chi connectivity index (χ0n) is 68.3. The highest BCUT2D eigenvalue weighted by molar-refractivity contribution is 6.14. The lowest BCUT2D eigenvalue weighted by Crippen LogP contribution is -2.11. The van der Waals surface area contributed by atoms with Crippen molar-refractivity contribution in [2.75, 3.05) is 4.90 Å². The molecule has 12 aromatic rings. The summed E-state index contributed by atoms with van der Waals surface area (Å²) in [6.45, 7) is 0. The van der Waals surface area contributed by atoms with Crippen LogP contribution in [0.1, 0.15) is 52.1 Å². The molecule has 3 heteroatoms. The van der Waals surface area contributed by atoms with Crippen LogP contribution in [-0.2, 0) is 0 Å². The van der Waals surface area contributed by atoms with Crippen LogP contribution in [-0.4, -0.2) is 4.57 Å². The lowest BCUT2D eigenvalue weighted by molar-refractivity contribution is 0.670. The minimum Gasteiger partial charge on any atom is -0.455 e. The van der Waals surface area contributed by atoms with Gasteiger partial charge in [-0.15, -0.1) is 0 Å². The van der Waals surface area contributed by atoms with Gasteiger partial charge >= 0.3 is 0 Å². The number of furan rings is 1. The number of anilines is 3. The van der Waals surface area contributed by atoms with Gasteiger partial charge in [-0.2, -0.15) is 0 Å². The molecule has 0 spiro atoms. The first-order valence-corrected chi connectivity index (χ1v) is 17.7. The molecule has 0 saturated heterocycles. The Bertz CT molecular complexity index is 5690. The quantitative estimate of drug-likeness (QED) is 0.160. The highest BCUT2D eigenvalue weighted by Gasteiger charge is 2.24. The molecule has 0 radical (unpaired) electrons. The zero-order valence-corrected chi connectivity index (χ0v) is 30.3. The first-order chi connectivity index (χ1) is 46.1. The number of fused-ring (bicyclic) bond motifs is 7. The van der Waals surface area contributed by atoms with Crippen LogP contribution in [0.3, 0.4) is 0 Å². The minimum atomic E-state index is -1.46. The van der Waals surface area contributed by atoms with Gasteiger partial charge in [-0.3, -0.25) is 0 Å². The smallest absolute Gasteiger partial charge is 0.145 e. The van der Waals surface area contributed by atoms with E-state index in [1.165, 1.54) is 0 Å². The topological polar surface area (TPSA) is 21.3 Å². The van der Waals surface area contributed by atoms with Crippen molar-refractivity contribution in [3.05, 3.63) is 230 Å². The van der Waals surface area contributed by atoms with Crippen LogP contribution in [0.25, 0.3) is 93.6 Å². The summed E-state index contributed by atoms with van der Waals surface area (Å²) in [6, 6.07) is -42.9. The summed E-state index contributed by atoms with van der Waals surface area (Å²) >= 11 is 0. The van der Waals surface area contributed by atoms with Gasteiger partial charge in [0.1, 0.15) is 11.2 Å². The number of hydrogen-bond acceptors (Lipinski definition) is 2. The maximum Gasteiger partial charge on any atom is 0.145 e. The van der Waals surface area contributed by atoms with Crippen molar-refractivity contribution in [1.29, 1.82) is 0 Å². The molecule has 0 aliphatic carbocycles. The molecule has 2 aromatic heterocycles. The van der Waals surface area contributed by atoms with E-state index >= 15 is 0 Å². The largest absolute Gasteiger partial charge is 0.455 e. The number of hydrogen-bond donors (Lipinski definition) is 0. The molecule has 0 aliphatic rings. The summed E-state index contributed by atoms with van der Waals surface area (Å²) in [4.78, 5) is 0.217. The number of aromatic nitrogens is 1. The van der Waals surface area contributed by atoms with E-state index in [0.29, 0.717) is 4.57 Å². The van der Waals surface area contributed by atoms with Crippen LogP contribution >= 0.6 is 0 Å². The van der Waals surface area contributed by atoms with E-state index in [9.17, 15) is 23.3 Å². The fourth-order valence-electron chi connectivity index (χ4n) is 6.72. The van der Waals surface area contributed by atoms with E-state index in [4.69, 9.17) is 33.2 Å². The molecule has 0 fully saturated rings. The molecule has 0 saturated carbocycles. The van der Waals surface area contributed by atoms with Crippen molar-refractivity contribution in [2.24, 2.45) is 0 Å². The Balaban J connectivity index is 1.36. The van der Waals surface area contributed by atoms with Gasteiger partial charge in [0.15, 0.2) is 0 Å². The Hall–Kier alpha value is -8.14. The number of benzene rings is 10. The molecule has 0 unspecified atom stereocenters. The van der Waals surface area contributed by atoms with E-state index in [2.05, 4.69) is 0 Å². The SMILES string of the molecule is [2H]c1c([2H])c([2H])c(-c2c([2H])c([2H])c(N(c3c([2H])c([2H])c(-c4c([2H])c([2H])c5c([2H])c([2H])c([2H])c([2H])c5c4[2H])c([2H])c3[2H])c3c([2H])c([2H])c4c(oc5c([2H])c([2H])c([2H])c([2H])c54)c3-c3c([2H])c([2H])c([2H])c(-n4c5c([2H])c([2H])c([2H])c([2H])c5c5c([2H])c([2H])c([2H])c([2H])c54)c3[2H])c([2H])c2[2H])c([2H])c1[2H]. The van der Waals surface area contributed by atoms with Gasteiger partial charge in [-0.1, -0.05) is 157 Å². The van der Waals surface area contributed by atoms with Crippen LogP contribution in [0.4, 0.5) is 17.1 Å². The Labute approximate surface area is 407 Å². The molecule has 286 valence electrons. The molecular formula is C58H38N2O. The van der Waals surface area contributed by atoms with Crippen molar-refractivity contribution in [3.63, 3.8) is 0 Å². The maximum atomic E-state index is 10.4. The third kappa shape index (κ3) is 5.90. The van der Waals surface area contributed by atoms with Crippen molar-refractivity contribution in [1.82, 2.24) is 4.57 Å². The van der Waals surface area contributed by atoms with Gasteiger partial charge < -0.3 is 13.9 Å². The van der Waals surface area contributed by atoms with Crippen LogP contribution in [0.15, 0.2) is 234 Å². The number of nitrogens with zero attached hydrogens (tertiary/aromatic N) is 2. The summed E-state index contributed by atoms with van der Waals surface area (Å²) in [6.07, 6.45) is 0. The Morgan fingerprint density at radius 1 is 0.377 bits per heavy atom. The Morgan fingerprint density at radius 3 is 1.66 bits per heavy atom. The summed E-state index contributed by atoms with van der Waals surface area (Å²) in [5, 5.41) is -4.25. The first kappa shape index (κ1) is 13.7. The molecular weight excluding hydrogens is 741 g/mol. The molecule has 2 heterocycles. The molecule has 0 amide bonds. The summed E-state index contributed by atoms with van der Waals surface area (Å²) in [5.41, 5.74) is -15.1. The second kappa shape index (κ2) is 14.3. The fourth-order valence-corrected chi connectivity index (χ4v) is 6.72. The third-order valence-electron chi connectivity index (χ3n) is 9.37. The molecule has 10 aromatic carbocycles. The van der Waals surface area contributed by atoms with Crippen LogP contribution in [0.5, 0.6) is 0 Å². The predicted octanol–water partition coefficient (Wildman–Crippen LogP) is 16.3. The normalized spacial score (nSPS) is 20.3. The average Bonchev–Trinajstić information content (AvgIpc) is 1.49. The van der Waals surface area contributed by atoms with E-state index in [1.54, 1.807) is 0 Å².